The number of β-amino-alcohol motifs (C(OH)–C–C–N with tert-alkyl or cyclic N) is 1. The van der Waals surface area contributed by atoms with Gasteiger partial charge in [-0.25, -0.2) is 0 Å². The Balaban J connectivity index is 1.63. The molecule has 1 aromatic carbocycles. The van der Waals surface area contributed by atoms with Gasteiger partial charge in [0, 0.05) is 77.6 Å². The van der Waals surface area contributed by atoms with Crippen LogP contribution in [-0.2, 0) is 49.7 Å². The summed E-state index contributed by atoms with van der Waals surface area (Å²) in [5, 5.41) is 70.1. The number of carboxylic acid groups (broad SMARTS) is 3. The summed E-state index contributed by atoms with van der Waals surface area (Å²) < 4.78 is 0. The van der Waals surface area contributed by atoms with Gasteiger partial charge in [-0.1, -0.05) is 12.1 Å². The molecule has 0 aliphatic carbocycles. The van der Waals surface area contributed by atoms with Crippen molar-refractivity contribution in [2.24, 2.45) is 22.2 Å². The zero-order valence-electron chi connectivity index (χ0n) is 41.1. The Hall–Kier alpha value is -7.03. The zero-order valence-corrected chi connectivity index (χ0v) is 41.1. The van der Waals surface area contributed by atoms with E-state index in [9.17, 15) is 78.4 Å². The number of carboxylic acids is 3. The first-order valence-electron chi connectivity index (χ1n) is 23.7. The topological polar surface area (TPSA) is 459 Å². The van der Waals surface area contributed by atoms with Gasteiger partial charge in [0.2, 0.25) is 35.4 Å². The maximum atomic E-state index is 13.6. The molecule has 7 amide bonds. The largest absolute Gasteiger partial charge is 0.481 e. The molecule has 0 aromatic heterocycles. The van der Waals surface area contributed by atoms with Gasteiger partial charge >= 0.3 is 25.0 Å². The third-order valence-electron chi connectivity index (χ3n) is 11.8. The highest BCUT2D eigenvalue weighted by Gasteiger charge is 2.42. The molecule has 2 heterocycles. The van der Waals surface area contributed by atoms with Gasteiger partial charge in [-0.3, -0.25) is 72.5 Å². The molecule has 5 atom stereocenters. The maximum Gasteiger partial charge on any atom is 0.475 e. The van der Waals surface area contributed by atoms with E-state index in [0.29, 0.717) is 5.56 Å². The van der Waals surface area contributed by atoms with Crippen LogP contribution in [0.2, 0.25) is 0 Å². The molecule has 410 valence electrons. The van der Waals surface area contributed by atoms with E-state index in [1.54, 1.807) is 19.6 Å². The number of nitrogens with two attached hydrogens (primary N) is 3. The molecule has 0 unspecified atom stereocenters. The molecule has 2 aliphatic rings. The number of aliphatic hydroxyl groups excluding tert-OH is 1. The molecule has 0 saturated carbocycles. The second kappa shape index (κ2) is 30.9. The van der Waals surface area contributed by atoms with Crippen LogP contribution >= 0.6 is 0 Å². The minimum atomic E-state index is -1.89. The highest BCUT2D eigenvalue weighted by Crippen LogP contribution is 2.20. The molecule has 2 aliphatic heterocycles. The number of likely N-dealkylation sites (tertiary alicyclic amines) is 1. The number of rotatable bonds is 26. The first-order valence-corrected chi connectivity index (χ1v) is 23.7. The van der Waals surface area contributed by atoms with Crippen LogP contribution in [0, 0.1) is 0 Å². The van der Waals surface area contributed by atoms with Crippen molar-refractivity contribution in [2.75, 3.05) is 98.2 Å². The number of nitrogens with zero attached hydrogens (tertiary/aromatic N) is 6. The summed E-state index contributed by atoms with van der Waals surface area (Å²) in [6.07, 6.45) is -1.73. The van der Waals surface area contributed by atoms with Gasteiger partial charge in [0.05, 0.1) is 51.2 Å². The van der Waals surface area contributed by atoms with E-state index in [-0.39, 0.29) is 129 Å². The number of carbonyl (C=O) groups is 10. The summed E-state index contributed by atoms with van der Waals surface area (Å²) in [4.78, 5) is 138. The van der Waals surface area contributed by atoms with Crippen molar-refractivity contribution >= 4 is 72.3 Å². The van der Waals surface area contributed by atoms with E-state index in [4.69, 9.17) is 17.2 Å². The first-order chi connectivity index (χ1) is 34.9. The van der Waals surface area contributed by atoms with Crippen LogP contribution in [-0.4, -0.2) is 256 Å². The highest BCUT2D eigenvalue weighted by molar-refractivity contribution is 6.43. The molecule has 2 fully saturated rings. The van der Waals surface area contributed by atoms with Crippen LogP contribution in [0.15, 0.2) is 29.3 Å². The Morgan fingerprint density at radius 3 is 1.70 bits per heavy atom. The first kappa shape index (κ1) is 61.3. The number of benzene rings is 1. The zero-order chi connectivity index (χ0) is 55.1. The molecule has 3 rings (SSSR count). The van der Waals surface area contributed by atoms with Crippen molar-refractivity contribution < 1.29 is 78.4 Å². The Kier molecular flexibility index (Phi) is 25.6. The molecule has 0 bridgehead atoms. The Morgan fingerprint density at radius 2 is 1.20 bits per heavy atom. The summed E-state index contributed by atoms with van der Waals surface area (Å²) in [7, 11) is -1.89. The summed E-state index contributed by atoms with van der Waals surface area (Å²) in [6.45, 7) is 0.641. The Labute approximate surface area is 426 Å². The van der Waals surface area contributed by atoms with E-state index in [2.05, 4.69) is 31.6 Å². The number of carbonyl (C=O) groups excluding carboxylic acids is 7. The number of primary amides is 1. The standard InChI is InChI=1S/C43H69BN14O16/c1-26(42(72)58-21-29(59)17-32(58)44(73)74)51-39(69)28-6-4-27(5-7-28)19-49-41(71)31(18-36(63)64)53-34(61)20-50-40(70)30(3-2-8-48-43(46)47)52-35(62)23-55-11-15-56(24-37(65)66)13-9-54(22-33(45)60)10-14-57(16-12-55)25-38(67)68/h4-7,26,29-32,59,73-74H,2-3,8-25H2,1H3,(H2,45,60)(H,49,71)(H,50,70)(H,51,69)(H,52,62)(H,53,61)(H,63,64)(H,65,66)(H,67,68)(H4,46,47,48)/t26-,29+,30+,31+,32+/m1/s1. The predicted octanol–water partition coefficient (Wildman–Crippen LogP) is -8.11. The van der Waals surface area contributed by atoms with E-state index in [0.717, 1.165) is 4.90 Å². The molecule has 74 heavy (non-hydrogen) atoms. The number of aliphatic imine (C=N–C) groups is 1. The average Bonchev–Trinajstić information content (AvgIpc) is 3.72. The van der Waals surface area contributed by atoms with Crippen LogP contribution in [0.3, 0.4) is 0 Å². The fourth-order valence-electron chi connectivity index (χ4n) is 8.01. The number of guanidine groups is 1. The van der Waals surface area contributed by atoms with Crippen LogP contribution in [0.4, 0.5) is 0 Å². The lowest BCUT2D eigenvalue weighted by molar-refractivity contribution is -0.141. The lowest BCUT2D eigenvalue weighted by Crippen LogP contribution is -2.54. The molecule has 0 spiro atoms. The molecular formula is C43H69BN14O16. The van der Waals surface area contributed by atoms with Gasteiger partial charge in [-0.2, -0.15) is 0 Å². The van der Waals surface area contributed by atoms with Crippen molar-refractivity contribution in [1.29, 1.82) is 0 Å². The van der Waals surface area contributed by atoms with Crippen molar-refractivity contribution in [2.45, 2.75) is 69.3 Å². The third kappa shape index (κ3) is 22.8. The number of hydrogen-bond acceptors (Lipinski definition) is 18. The monoisotopic (exact) mass is 1050 g/mol. The smallest absolute Gasteiger partial charge is 0.475 e. The molecule has 0 radical (unpaired) electrons. The van der Waals surface area contributed by atoms with Crippen LogP contribution in [0.5, 0.6) is 0 Å². The molecule has 1 aromatic rings. The van der Waals surface area contributed by atoms with E-state index < -0.39 is 110 Å². The van der Waals surface area contributed by atoms with Crippen molar-refractivity contribution in [3.63, 3.8) is 0 Å². The number of hydrogen-bond donors (Lipinski definition) is 14. The highest BCUT2D eigenvalue weighted by atomic mass is 16.4. The van der Waals surface area contributed by atoms with Crippen LogP contribution < -0.4 is 43.8 Å². The van der Waals surface area contributed by atoms with Gasteiger partial charge < -0.3 is 79.2 Å². The number of aliphatic carboxylic acids is 3. The van der Waals surface area contributed by atoms with Gasteiger partial charge in [0.15, 0.2) is 5.96 Å². The molecule has 31 heteroatoms. The lowest BCUT2D eigenvalue weighted by atomic mass is 9.77. The Bertz CT molecular complexity index is 2120. The molecule has 2 saturated heterocycles. The fourth-order valence-corrected chi connectivity index (χ4v) is 8.01. The lowest BCUT2D eigenvalue weighted by Gasteiger charge is -2.33. The van der Waals surface area contributed by atoms with E-state index in [1.807, 2.05) is 0 Å². The second-order valence-electron chi connectivity index (χ2n) is 17.8. The second-order valence-corrected chi connectivity index (χ2v) is 17.8. The van der Waals surface area contributed by atoms with E-state index >= 15 is 0 Å². The summed E-state index contributed by atoms with van der Waals surface area (Å²) in [5.41, 5.74) is 16.8. The maximum absolute atomic E-state index is 13.6. The average molecular weight is 1050 g/mol. The minimum absolute atomic E-state index is 0.0346. The number of amides is 7. The minimum Gasteiger partial charge on any atom is -0.481 e. The van der Waals surface area contributed by atoms with Crippen LogP contribution in [0.1, 0.15) is 48.5 Å². The number of nitrogens with one attached hydrogen (secondary N) is 5. The van der Waals surface area contributed by atoms with E-state index in [1.165, 1.54) is 31.2 Å². The molecule has 17 N–H and O–H groups in total. The SMILES string of the molecule is C[C@@H](NC(=O)c1ccc(CNC(=O)[C@H](CC(=O)O)NC(=O)CNC(=O)[C@H](CCCN=C(N)N)NC(=O)CN2CCN(CC(=O)O)CCN(CC(N)=O)CCN(CC(=O)O)CC2)cc1)C(=O)N1C[C@@H](O)C[C@H]1B(O)O. The third-order valence-corrected chi connectivity index (χ3v) is 11.8. The summed E-state index contributed by atoms with van der Waals surface area (Å²) >= 11 is 0. The molecule has 30 nitrogen and oxygen atoms in total. The van der Waals surface area contributed by atoms with Crippen LogP contribution in [0.25, 0.3) is 0 Å². The van der Waals surface area contributed by atoms with Gasteiger partial charge in [-0.15, -0.1) is 0 Å². The van der Waals surface area contributed by atoms with Crippen molar-refractivity contribution in [3.8, 4) is 0 Å². The predicted molar refractivity (Wildman–Crippen MR) is 261 cm³/mol. The Morgan fingerprint density at radius 1 is 0.689 bits per heavy atom. The molecular weight excluding hydrogens is 979 g/mol. The summed E-state index contributed by atoms with van der Waals surface area (Å²) in [5.74, 6) is -10.2. The van der Waals surface area contributed by atoms with Gasteiger partial charge in [-0.05, 0) is 43.9 Å². The van der Waals surface area contributed by atoms with Gasteiger partial charge in [0.25, 0.3) is 5.91 Å². The summed E-state index contributed by atoms with van der Waals surface area (Å²) in [6, 6.07) is 1.73. The quantitative estimate of drug-likeness (QED) is 0.0177. The fraction of sp³-hybridized carbons (Fsp3) is 0.605. The van der Waals surface area contributed by atoms with Gasteiger partial charge in [0.1, 0.15) is 18.1 Å². The van der Waals surface area contributed by atoms with Crippen molar-refractivity contribution in [1.82, 2.24) is 51.1 Å². The normalized spacial score (nSPS) is 18.5. The number of aliphatic hydroxyl groups is 1. The van der Waals surface area contributed by atoms with Crippen molar-refractivity contribution in [3.05, 3.63) is 35.4 Å².